The fourth-order valence-electron chi connectivity index (χ4n) is 4.70. The van der Waals surface area contributed by atoms with Gasteiger partial charge < -0.3 is 5.32 Å². The van der Waals surface area contributed by atoms with Crippen molar-refractivity contribution in [3.05, 3.63) is 106 Å². The summed E-state index contributed by atoms with van der Waals surface area (Å²) < 4.78 is 13.9. The van der Waals surface area contributed by atoms with E-state index in [1.807, 2.05) is 73.7 Å². The van der Waals surface area contributed by atoms with Crippen molar-refractivity contribution in [3.8, 4) is 0 Å². The van der Waals surface area contributed by atoms with Crippen molar-refractivity contribution in [2.24, 2.45) is 5.92 Å². The molecule has 0 spiro atoms. The SMILES string of the molecule is Cc1cc([C@H]2C[C@@H](C(=O)N[C@@H](C)c3ccccc3)CN(Cc3ccccc3Cl)C2)ccc1F. The molecule has 0 radical (unpaired) electrons. The maximum absolute atomic E-state index is 13.9. The molecule has 4 rings (SSSR count). The van der Waals surface area contributed by atoms with Gasteiger partial charge in [0.25, 0.3) is 0 Å². The molecule has 1 heterocycles. The number of benzene rings is 3. The van der Waals surface area contributed by atoms with E-state index in [1.54, 1.807) is 6.92 Å². The number of amides is 1. The molecule has 5 heteroatoms. The maximum Gasteiger partial charge on any atom is 0.224 e. The molecule has 0 bridgehead atoms. The van der Waals surface area contributed by atoms with Crippen LogP contribution in [-0.2, 0) is 11.3 Å². The summed E-state index contributed by atoms with van der Waals surface area (Å²) in [5.74, 6) is -0.168. The Hall–Kier alpha value is -2.69. The number of piperidine rings is 1. The molecule has 3 atom stereocenters. The number of carbonyl (C=O) groups is 1. The van der Waals surface area contributed by atoms with Gasteiger partial charge in [0.05, 0.1) is 12.0 Å². The Morgan fingerprint density at radius 3 is 2.55 bits per heavy atom. The maximum atomic E-state index is 13.9. The topological polar surface area (TPSA) is 32.3 Å². The Morgan fingerprint density at radius 2 is 1.82 bits per heavy atom. The van der Waals surface area contributed by atoms with Crippen LogP contribution in [0.3, 0.4) is 0 Å². The number of hydrogen-bond acceptors (Lipinski definition) is 2. The summed E-state index contributed by atoms with van der Waals surface area (Å²) in [6.45, 7) is 5.94. The third-order valence-electron chi connectivity index (χ3n) is 6.56. The molecule has 1 saturated heterocycles. The second-order valence-electron chi connectivity index (χ2n) is 9.06. The first-order valence-corrected chi connectivity index (χ1v) is 11.9. The van der Waals surface area contributed by atoms with Gasteiger partial charge >= 0.3 is 0 Å². The number of halogens is 2. The van der Waals surface area contributed by atoms with E-state index in [9.17, 15) is 9.18 Å². The van der Waals surface area contributed by atoms with Crippen molar-refractivity contribution < 1.29 is 9.18 Å². The number of likely N-dealkylation sites (tertiary alicyclic amines) is 1. The van der Waals surface area contributed by atoms with Crippen LogP contribution in [0.25, 0.3) is 0 Å². The summed E-state index contributed by atoms with van der Waals surface area (Å²) in [5, 5.41) is 3.93. The monoisotopic (exact) mass is 464 g/mol. The van der Waals surface area contributed by atoms with Crippen molar-refractivity contribution in [2.45, 2.75) is 38.8 Å². The Balaban J connectivity index is 1.55. The molecular formula is C28H30ClFN2O. The largest absolute Gasteiger partial charge is 0.349 e. The molecule has 3 aromatic carbocycles. The number of nitrogens with one attached hydrogen (secondary N) is 1. The lowest BCUT2D eigenvalue weighted by Crippen LogP contribution is -2.45. The molecule has 1 N–H and O–H groups in total. The second-order valence-corrected chi connectivity index (χ2v) is 9.47. The van der Waals surface area contributed by atoms with E-state index in [0.29, 0.717) is 18.7 Å². The van der Waals surface area contributed by atoms with Crippen molar-refractivity contribution in [1.82, 2.24) is 10.2 Å². The predicted octanol–water partition coefficient (Wildman–Crippen LogP) is 6.27. The van der Waals surface area contributed by atoms with Crippen molar-refractivity contribution >= 4 is 17.5 Å². The summed E-state index contributed by atoms with van der Waals surface area (Å²) in [4.78, 5) is 15.6. The van der Waals surface area contributed by atoms with E-state index in [2.05, 4.69) is 10.2 Å². The van der Waals surface area contributed by atoms with Gasteiger partial charge in [0, 0.05) is 24.7 Å². The summed E-state index contributed by atoms with van der Waals surface area (Å²) in [6.07, 6.45) is 0.734. The van der Waals surface area contributed by atoms with E-state index in [1.165, 1.54) is 6.07 Å². The third kappa shape index (κ3) is 5.82. The fourth-order valence-corrected chi connectivity index (χ4v) is 4.89. The van der Waals surface area contributed by atoms with Crippen molar-refractivity contribution in [1.29, 1.82) is 0 Å². The first kappa shape index (κ1) is 23.5. The van der Waals surface area contributed by atoms with Gasteiger partial charge in [-0.2, -0.15) is 0 Å². The molecule has 3 nitrogen and oxygen atoms in total. The molecule has 0 saturated carbocycles. The van der Waals surface area contributed by atoms with E-state index < -0.39 is 0 Å². The van der Waals surface area contributed by atoms with Crippen LogP contribution in [0.5, 0.6) is 0 Å². The molecular weight excluding hydrogens is 435 g/mol. The molecule has 1 aliphatic rings. The summed E-state index contributed by atoms with van der Waals surface area (Å²) in [6, 6.07) is 23.1. The molecule has 0 unspecified atom stereocenters. The van der Waals surface area contributed by atoms with Gasteiger partial charge in [-0.15, -0.1) is 0 Å². The van der Waals surface area contributed by atoms with Crippen LogP contribution in [0, 0.1) is 18.7 Å². The van der Waals surface area contributed by atoms with E-state index in [-0.39, 0.29) is 29.6 Å². The van der Waals surface area contributed by atoms with E-state index in [0.717, 1.165) is 34.7 Å². The highest BCUT2D eigenvalue weighted by Gasteiger charge is 2.33. The van der Waals surface area contributed by atoms with E-state index in [4.69, 9.17) is 11.6 Å². The Bertz CT molecular complexity index is 1100. The fraction of sp³-hybridized carbons (Fsp3) is 0.321. The first-order valence-electron chi connectivity index (χ1n) is 11.5. The summed E-state index contributed by atoms with van der Waals surface area (Å²) >= 11 is 6.42. The Morgan fingerprint density at radius 1 is 1.09 bits per heavy atom. The normalized spacial score (nSPS) is 19.8. The van der Waals surface area contributed by atoms with Crippen molar-refractivity contribution in [3.63, 3.8) is 0 Å². The molecule has 172 valence electrons. The highest BCUT2D eigenvalue weighted by atomic mass is 35.5. The van der Waals surface area contributed by atoms with Gasteiger partial charge in [-0.05, 0) is 60.6 Å². The highest BCUT2D eigenvalue weighted by molar-refractivity contribution is 6.31. The molecule has 1 fully saturated rings. The minimum absolute atomic E-state index is 0.0547. The summed E-state index contributed by atoms with van der Waals surface area (Å²) in [7, 11) is 0. The number of aryl methyl sites for hydroxylation is 1. The van der Waals surface area contributed by atoms with Crippen LogP contribution < -0.4 is 5.32 Å². The third-order valence-corrected chi connectivity index (χ3v) is 6.93. The lowest BCUT2D eigenvalue weighted by molar-refractivity contribution is -0.127. The zero-order chi connectivity index (χ0) is 23.4. The molecule has 1 amide bonds. The van der Waals surface area contributed by atoms with Crippen LogP contribution in [0.4, 0.5) is 4.39 Å². The number of carbonyl (C=O) groups excluding carboxylic acids is 1. The highest BCUT2D eigenvalue weighted by Crippen LogP contribution is 2.33. The lowest BCUT2D eigenvalue weighted by Gasteiger charge is -2.38. The van der Waals surface area contributed by atoms with Crippen molar-refractivity contribution in [2.75, 3.05) is 13.1 Å². The molecule has 3 aromatic rings. The number of nitrogens with zero attached hydrogens (tertiary/aromatic N) is 1. The van der Waals surface area contributed by atoms with Crippen LogP contribution in [-0.4, -0.2) is 23.9 Å². The van der Waals surface area contributed by atoms with E-state index >= 15 is 0 Å². The second kappa shape index (κ2) is 10.5. The minimum atomic E-state index is -0.200. The Labute approximate surface area is 200 Å². The van der Waals surface area contributed by atoms with Crippen LogP contribution in [0.15, 0.2) is 72.8 Å². The van der Waals surface area contributed by atoms with Gasteiger partial charge in [-0.1, -0.05) is 72.3 Å². The van der Waals surface area contributed by atoms with Crippen LogP contribution in [0.2, 0.25) is 5.02 Å². The minimum Gasteiger partial charge on any atom is -0.349 e. The standard InChI is InChI=1S/C28H30ClFN2O/c1-19-14-22(12-13-27(19)30)24-15-25(28(33)31-20(2)21-8-4-3-5-9-21)18-32(17-24)16-23-10-6-7-11-26(23)29/h3-14,20,24-25H,15-18H2,1-2H3,(H,31,33)/t20-,24-,25+/m0/s1. The van der Waals surface area contributed by atoms with Gasteiger partial charge in [0.2, 0.25) is 5.91 Å². The average Bonchev–Trinajstić information content (AvgIpc) is 2.82. The van der Waals surface area contributed by atoms with Gasteiger partial charge in [0.1, 0.15) is 5.82 Å². The zero-order valence-electron chi connectivity index (χ0n) is 19.1. The lowest BCUT2D eigenvalue weighted by atomic mass is 9.83. The zero-order valence-corrected chi connectivity index (χ0v) is 19.9. The van der Waals surface area contributed by atoms with Crippen LogP contribution in [0.1, 0.15) is 47.6 Å². The number of hydrogen-bond donors (Lipinski definition) is 1. The smallest absolute Gasteiger partial charge is 0.224 e. The van der Waals surface area contributed by atoms with Gasteiger partial charge in [-0.25, -0.2) is 4.39 Å². The van der Waals surface area contributed by atoms with Crippen LogP contribution >= 0.6 is 11.6 Å². The molecule has 0 aromatic heterocycles. The van der Waals surface area contributed by atoms with Gasteiger partial charge in [0.15, 0.2) is 0 Å². The Kier molecular flexibility index (Phi) is 7.46. The molecule has 1 aliphatic heterocycles. The summed E-state index contributed by atoms with van der Waals surface area (Å²) in [5.41, 5.74) is 3.84. The average molecular weight is 465 g/mol. The quantitative estimate of drug-likeness (QED) is 0.466. The molecule has 0 aliphatic carbocycles. The predicted molar refractivity (Wildman–Crippen MR) is 132 cm³/mol. The molecule has 33 heavy (non-hydrogen) atoms. The van der Waals surface area contributed by atoms with Gasteiger partial charge in [-0.3, -0.25) is 9.69 Å². The first-order chi connectivity index (χ1) is 15.9. The number of rotatable bonds is 6.